The van der Waals surface area contributed by atoms with Gasteiger partial charge >= 0.3 is 5.76 Å². The number of primary amides is 1. The third-order valence-electron chi connectivity index (χ3n) is 7.35. The zero-order valence-corrected chi connectivity index (χ0v) is 24.4. The van der Waals surface area contributed by atoms with Crippen LogP contribution in [0.15, 0.2) is 53.1 Å². The van der Waals surface area contributed by atoms with Crippen molar-refractivity contribution in [2.75, 3.05) is 23.3 Å². The Balaban J connectivity index is 1.48. The summed E-state index contributed by atoms with van der Waals surface area (Å²) < 4.78 is 82.5. The summed E-state index contributed by atoms with van der Waals surface area (Å²) in [5.41, 5.74) is 5.89. The molecule has 1 aliphatic heterocycles. The Morgan fingerprint density at radius 1 is 1.14 bits per heavy atom. The van der Waals surface area contributed by atoms with Gasteiger partial charge in [-0.15, -0.1) is 0 Å². The molecule has 1 unspecified atom stereocenters. The molecule has 0 saturated carbocycles. The Kier molecular flexibility index (Phi) is 8.56. The molecule has 12 nitrogen and oxygen atoms in total. The molecule has 1 amide bonds. The lowest BCUT2D eigenvalue weighted by atomic mass is 9.80. The molecule has 0 spiro atoms. The van der Waals surface area contributed by atoms with Gasteiger partial charge in [-0.1, -0.05) is 30.3 Å². The predicted octanol–water partition coefficient (Wildman–Crippen LogP) is 5.22. The zero-order valence-electron chi connectivity index (χ0n) is 23.6. The van der Waals surface area contributed by atoms with E-state index in [1.54, 1.807) is 13.0 Å². The number of rotatable bonds is 11. The summed E-state index contributed by atoms with van der Waals surface area (Å²) in [5, 5.41) is 13.9. The highest BCUT2D eigenvalue weighted by molar-refractivity contribution is 7.93. The number of halogens is 3. The van der Waals surface area contributed by atoms with Gasteiger partial charge in [0.05, 0.1) is 5.69 Å². The van der Waals surface area contributed by atoms with Crippen LogP contribution in [0.4, 0.5) is 30.5 Å². The number of carbonyl (C=O) groups is 1. The molecular weight excluding hydrogens is 605 g/mol. The number of alkyl halides is 2. The van der Waals surface area contributed by atoms with Crippen molar-refractivity contribution in [1.29, 1.82) is 0 Å². The van der Waals surface area contributed by atoms with Crippen molar-refractivity contribution in [3.8, 4) is 17.0 Å². The number of ether oxygens (including phenoxy) is 2. The van der Waals surface area contributed by atoms with E-state index < -0.39 is 33.6 Å². The number of sulfonamides is 1. The molecule has 4 aromatic rings. The number of hydrogen-bond donors (Lipinski definition) is 4. The Bertz CT molecular complexity index is 1750. The number of nitrogens with zero attached hydrogens (tertiary/aromatic N) is 2. The minimum atomic E-state index is -5.06. The number of carbonyl (C=O) groups excluding carboxylic acids is 1. The number of nitrogens with one attached hydrogen (secondary N) is 3. The van der Waals surface area contributed by atoms with Crippen molar-refractivity contribution in [2.45, 2.75) is 44.0 Å². The molecule has 2 aromatic carbocycles. The second-order valence-corrected chi connectivity index (χ2v) is 12.1. The third-order valence-corrected chi connectivity index (χ3v) is 8.33. The normalized spacial score (nSPS) is 15.6. The van der Waals surface area contributed by atoms with E-state index in [9.17, 15) is 26.4 Å². The van der Waals surface area contributed by atoms with Gasteiger partial charge in [0.1, 0.15) is 40.5 Å². The Labute approximate surface area is 250 Å². The molecule has 5 rings (SSSR count). The first kappa shape index (κ1) is 30.9. The second-order valence-electron chi connectivity index (χ2n) is 10.5. The highest BCUT2D eigenvalue weighted by Crippen LogP contribution is 2.38. The van der Waals surface area contributed by atoms with Gasteiger partial charge in [0, 0.05) is 30.3 Å². The van der Waals surface area contributed by atoms with Gasteiger partial charge in [0.2, 0.25) is 0 Å². The number of benzene rings is 2. The monoisotopic (exact) mass is 634 g/mol. The van der Waals surface area contributed by atoms with Crippen molar-refractivity contribution in [2.24, 2.45) is 5.73 Å². The van der Waals surface area contributed by atoms with E-state index in [0.29, 0.717) is 30.4 Å². The van der Waals surface area contributed by atoms with Crippen LogP contribution < -0.4 is 20.5 Å². The standard InChI is InChI=1S/C28H29F3N6O6S/c1-15(16-3-6-18(29)7-4-16)42-20-13-17(5-8-19(20)37-44(39,40)27(30)31)24-23(25(32)38)26(35-34-24)33-22-14-21(43-36-22)28(2)9-11-41-12-10-28/h3-8,13-15,27,37H,9-12H2,1-2H3,(H2,32,38)(H2,33,34,35,36). The average molecular weight is 635 g/mol. The number of anilines is 3. The predicted molar refractivity (Wildman–Crippen MR) is 154 cm³/mol. The van der Waals surface area contributed by atoms with E-state index >= 15 is 0 Å². The summed E-state index contributed by atoms with van der Waals surface area (Å²) in [5.74, 6) is -4.17. The van der Waals surface area contributed by atoms with Crippen LogP contribution in [0.3, 0.4) is 0 Å². The summed E-state index contributed by atoms with van der Waals surface area (Å²) in [6.07, 6.45) is 0.720. The third kappa shape index (κ3) is 6.50. The van der Waals surface area contributed by atoms with Crippen LogP contribution in [0.2, 0.25) is 0 Å². The topological polar surface area (TPSA) is 174 Å². The summed E-state index contributed by atoms with van der Waals surface area (Å²) in [6, 6.07) is 10.9. The average Bonchev–Trinajstić information content (AvgIpc) is 3.63. The summed E-state index contributed by atoms with van der Waals surface area (Å²) in [6.45, 7) is 4.83. The van der Waals surface area contributed by atoms with Crippen LogP contribution in [0.1, 0.15) is 54.5 Å². The molecule has 1 atom stereocenters. The first-order valence-corrected chi connectivity index (χ1v) is 15.0. The molecule has 16 heteroatoms. The lowest BCUT2D eigenvalue weighted by Crippen LogP contribution is -2.30. The number of amides is 1. The van der Waals surface area contributed by atoms with Crippen molar-refractivity contribution < 1.29 is 40.4 Å². The summed E-state index contributed by atoms with van der Waals surface area (Å²) in [7, 11) is -5.06. The van der Waals surface area contributed by atoms with E-state index in [4.69, 9.17) is 19.7 Å². The van der Waals surface area contributed by atoms with E-state index in [1.807, 2.05) is 11.6 Å². The summed E-state index contributed by atoms with van der Waals surface area (Å²) >= 11 is 0. The lowest BCUT2D eigenvalue weighted by Gasteiger charge is -2.30. The van der Waals surface area contributed by atoms with Crippen molar-refractivity contribution in [1.82, 2.24) is 15.4 Å². The number of H-pyrrole nitrogens is 1. The minimum absolute atomic E-state index is 0.0580. The fraction of sp³-hybridized carbons (Fsp3) is 0.321. The van der Waals surface area contributed by atoms with Gasteiger partial charge in [0.25, 0.3) is 15.9 Å². The minimum Gasteiger partial charge on any atom is -0.484 e. The van der Waals surface area contributed by atoms with Crippen molar-refractivity contribution in [3.05, 3.63) is 71.2 Å². The number of aromatic amines is 1. The van der Waals surface area contributed by atoms with Crippen LogP contribution in [0.25, 0.3) is 11.3 Å². The fourth-order valence-electron chi connectivity index (χ4n) is 4.74. The molecule has 3 heterocycles. The molecule has 234 valence electrons. The molecule has 0 bridgehead atoms. The number of aromatic nitrogens is 3. The zero-order chi connectivity index (χ0) is 31.6. The largest absolute Gasteiger partial charge is 0.484 e. The smallest absolute Gasteiger partial charge is 0.355 e. The van der Waals surface area contributed by atoms with Crippen LogP contribution in [0, 0.1) is 5.82 Å². The van der Waals surface area contributed by atoms with E-state index in [0.717, 1.165) is 12.8 Å². The van der Waals surface area contributed by atoms with Crippen molar-refractivity contribution in [3.63, 3.8) is 0 Å². The quantitative estimate of drug-likeness (QED) is 0.172. The van der Waals surface area contributed by atoms with Crippen LogP contribution >= 0.6 is 0 Å². The molecule has 44 heavy (non-hydrogen) atoms. The van der Waals surface area contributed by atoms with E-state index in [-0.39, 0.29) is 39.5 Å². The maximum absolute atomic E-state index is 13.4. The van der Waals surface area contributed by atoms with Crippen LogP contribution in [-0.2, 0) is 20.2 Å². The molecular formula is C28H29F3N6O6S. The SMILES string of the molecule is CC(Oc1cc(-c2n[nH]c(Nc3cc(C4(C)CCOCC4)on3)c2C(N)=O)ccc1NS(=O)(=O)C(F)F)c1ccc(F)cc1. The molecule has 0 radical (unpaired) electrons. The molecule has 1 saturated heterocycles. The summed E-state index contributed by atoms with van der Waals surface area (Å²) in [4.78, 5) is 12.6. The molecule has 1 aliphatic rings. The first-order valence-electron chi connectivity index (χ1n) is 13.4. The van der Waals surface area contributed by atoms with E-state index in [1.165, 1.54) is 42.5 Å². The van der Waals surface area contributed by atoms with Gasteiger partial charge in [-0.3, -0.25) is 14.6 Å². The second kappa shape index (κ2) is 12.2. The molecule has 1 fully saturated rings. The van der Waals surface area contributed by atoms with Gasteiger partial charge in [0.15, 0.2) is 5.82 Å². The Hall–Kier alpha value is -4.57. The highest BCUT2D eigenvalue weighted by Gasteiger charge is 2.34. The first-order chi connectivity index (χ1) is 20.9. The van der Waals surface area contributed by atoms with Gasteiger partial charge < -0.3 is 25.0 Å². The lowest BCUT2D eigenvalue weighted by molar-refractivity contribution is 0.0467. The Morgan fingerprint density at radius 2 is 1.84 bits per heavy atom. The number of nitrogens with two attached hydrogens (primary N) is 1. The Morgan fingerprint density at radius 3 is 2.50 bits per heavy atom. The van der Waals surface area contributed by atoms with Crippen molar-refractivity contribution >= 4 is 33.3 Å². The number of hydrogen-bond acceptors (Lipinski definition) is 9. The maximum atomic E-state index is 13.4. The van der Waals surface area contributed by atoms with Crippen LogP contribution in [0.5, 0.6) is 5.75 Å². The van der Waals surface area contributed by atoms with Crippen LogP contribution in [-0.4, -0.2) is 48.7 Å². The molecule has 5 N–H and O–H groups in total. The fourth-order valence-corrected chi connectivity index (χ4v) is 5.30. The van der Waals surface area contributed by atoms with Gasteiger partial charge in [-0.2, -0.15) is 13.9 Å². The maximum Gasteiger partial charge on any atom is 0.355 e. The van der Waals surface area contributed by atoms with Gasteiger partial charge in [-0.25, -0.2) is 12.8 Å². The highest BCUT2D eigenvalue weighted by atomic mass is 32.2. The van der Waals surface area contributed by atoms with E-state index in [2.05, 4.69) is 20.7 Å². The molecule has 0 aliphatic carbocycles. The molecule has 2 aromatic heterocycles. The van der Waals surface area contributed by atoms with Gasteiger partial charge in [-0.05, 0) is 49.6 Å².